The van der Waals surface area contributed by atoms with E-state index in [1.165, 1.54) is 26.5 Å². The molecule has 0 saturated carbocycles. The Kier molecular flexibility index (Phi) is 6.21. The molecule has 0 spiro atoms. The van der Waals surface area contributed by atoms with Crippen molar-refractivity contribution in [1.29, 1.82) is 0 Å². The van der Waals surface area contributed by atoms with Crippen LogP contribution in [-0.4, -0.2) is 48.8 Å². The Morgan fingerprint density at radius 2 is 2.04 bits per heavy atom. The van der Waals surface area contributed by atoms with Crippen molar-refractivity contribution in [3.05, 3.63) is 64.7 Å². The van der Waals surface area contributed by atoms with Gasteiger partial charge in [-0.3, -0.25) is 4.90 Å². The smallest absolute Gasteiger partial charge is 0.0558 e. The summed E-state index contributed by atoms with van der Waals surface area (Å²) < 4.78 is 0. The summed E-state index contributed by atoms with van der Waals surface area (Å²) in [5.74, 6) is 0. The Morgan fingerprint density at radius 1 is 1.19 bits per heavy atom. The monoisotopic (exact) mass is 400 g/mol. The molecule has 4 rings (SSSR count). The average molecular weight is 401 g/mol. The molecule has 3 nitrogen and oxygen atoms in total. The van der Waals surface area contributed by atoms with Crippen LogP contribution in [0.1, 0.15) is 24.0 Å². The Balaban J connectivity index is 1.58. The zero-order chi connectivity index (χ0) is 18.6. The van der Waals surface area contributed by atoms with Crippen LogP contribution in [0.5, 0.6) is 0 Å². The van der Waals surface area contributed by atoms with Crippen molar-refractivity contribution in [2.24, 2.45) is 0 Å². The SMILES string of the molecule is OCCN1CCNCC1CC/C=C1/c2ccccc2Sc2ccc(Cl)cc21. The third-order valence-corrected chi connectivity index (χ3v) is 6.72. The third kappa shape index (κ3) is 4.25. The summed E-state index contributed by atoms with van der Waals surface area (Å²) in [5.41, 5.74) is 3.82. The molecule has 1 saturated heterocycles. The molecule has 2 aromatic carbocycles. The van der Waals surface area contributed by atoms with Gasteiger partial charge >= 0.3 is 0 Å². The molecular formula is C22H25ClN2OS. The number of piperazine rings is 1. The number of nitrogens with one attached hydrogen (secondary N) is 1. The van der Waals surface area contributed by atoms with Crippen LogP contribution >= 0.6 is 23.4 Å². The summed E-state index contributed by atoms with van der Waals surface area (Å²) in [7, 11) is 0. The molecule has 5 heteroatoms. The second-order valence-electron chi connectivity index (χ2n) is 7.05. The predicted octanol–water partition coefficient (Wildman–Crippen LogP) is 4.28. The van der Waals surface area contributed by atoms with Gasteiger partial charge in [-0.1, -0.05) is 47.6 Å². The van der Waals surface area contributed by atoms with Crippen LogP contribution in [0.25, 0.3) is 5.57 Å². The van der Waals surface area contributed by atoms with E-state index in [1.807, 2.05) is 17.8 Å². The minimum Gasteiger partial charge on any atom is -0.395 e. The first-order valence-corrected chi connectivity index (χ1v) is 10.8. The number of halogens is 1. The lowest BCUT2D eigenvalue weighted by molar-refractivity contribution is 0.122. The standard InChI is InChI=1S/C22H25ClN2OS/c23-16-8-9-22-20(14-16)18(19-5-1-2-7-21(19)27-22)6-3-4-17-15-24-10-11-25(17)12-13-26/h1-2,5-9,14,17,24,26H,3-4,10-13,15H2/b18-6-. The molecule has 2 N–H and O–H groups in total. The molecule has 2 heterocycles. The largest absolute Gasteiger partial charge is 0.395 e. The van der Waals surface area contributed by atoms with E-state index in [4.69, 9.17) is 11.6 Å². The van der Waals surface area contributed by atoms with E-state index >= 15 is 0 Å². The van der Waals surface area contributed by atoms with Crippen molar-refractivity contribution in [3.63, 3.8) is 0 Å². The topological polar surface area (TPSA) is 35.5 Å². The Morgan fingerprint density at radius 3 is 2.93 bits per heavy atom. The fraction of sp³-hybridized carbons (Fsp3) is 0.364. The first-order valence-electron chi connectivity index (χ1n) is 9.59. The maximum Gasteiger partial charge on any atom is 0.0558 e. The molecule has 0 radical (unpaired) electrons. The first kappa shape index (κ1) is 19.0. The molecule has 2 aromatic rings. The Labute approximate surface area is 170 Å². The van der Waals surface area contributed by atoms with Crippen LogP contribution in [0.4, 0.5) is 0 Å². The average Bonchev–Trinajstić information content (AvgIpc) is 2.69. The molecule has 0 amide bonds. The van der Waals surface area contributed by atoms with E-state index in [2.05, 4.69) is 52.7 Å². The number of fused-ring (bicyclic) bond motifs is 2. The lowest BCUT2D eigenvalue weighted by Crippen LogP contribution is -2.51. The van der Waals surface area contributed by atoms with Gasteiger partial charge in [0.2, 0.25) is 0 Å². The molecule has 142 valence electrons. The molecule has 1 atom stereocenters. The highest BCUT2D eigenvalue weighted by molar-refractivity contribution is 7.99. The first-order chi connectivity index (χ1) is 13.3. The summed E-state index contributed by atoms with van der Waals surface area (Å²) in [6.45, 7) is 4.01. The lowest BCUT2D eigenvalue weighted by atomic mass is 9.95. The second kappa shape index (κ2) is 8.80. The summed E-state index contributed by atoms with van der Waals surface area (Å²) in [4.78, 5) is 4.98. The highest BCUT2D eigenvalue weighted by Gasteiger charge is 2.23. The molecule has 0 bridgehead atoms. The summed E-state index contributed by atoms with van der Waals surface area (Å²) in [6, 6.07) is 15.3. The lowest BCUT2D eigenvalue weighted by Gasteiger charge is -2.35. The number of allylic oxidation sites excluding steroid dienone is 1. The van der Waals surface area contributed by atoms with Crippen molar-refractivity contribution < 1.29 is 5.11 Å². The van der Waals surface area contributed by atoms with Gasteiger partial charge in [0.1, 0.15) is 0 Å². The zero-order valence-electron chi connectivity index (χ0n) is 15.3. The van der Waals surface area contributed by atoms with E-state index in [1.54, 1.807) is 0 Å². The number of aliphatic hydroxyl groups excluding tert-OH is 1. The van der Waals surface area contributed by atoms with Gasteiger partial charge in [-0.2, -0.15) is 0 Å². The number of nitrogens with zero attached hydrogens (tertiary/aromatic N) is 1. The second-order valence-corrected chi connectivity index (χ2v) is 8.57. The number of hydrogen-bond acceptors (Lipinski definition) is 4. The molecule has 2 aliphatic heterocycles. The predicted molar refractivity (Wildman–Crippen MR) is 114 cm³/mol. The molecule has 1 fully saturated rings. The number of rotatable bonds is 5. The highest BCUT2D eigenvalue weighted by atomic mass is 35.5. The van der Waals surface area contributed by atoms with Crippen LogP contribution in [0.15, 0.2) is 58.3 Å². The Bertz CT molecular complexity index is 837. The third-order valence-electron chi connectivity index (χ3n) is 5.34. The van der Waals surface area contributed by atoms with Gasteiger partial charge in [0, 0.05) is 47.0 Å². The number of benzene rings is 2. The van der Waals surface area contributed by atoms with Crippen molar-refractivity contribution in [2.75, 3.05) is 32.8 Å². The fourth-order valence-electron chi connectivity index (χ4n) is 3.99. The molecule has 1 unspecified atom stereocenters. The molecule has 27 heavy (non-hydrogen) atoms. The summed E-state index contributed by atoms with van der Waals surface area (Å²) >= 11 is 8.12. The minimum absolute atomic E-state index is 0.230. The van der Waals surface area contributed by atoms with Crippen molar-refractivity contribution in [3.8, 4) is 0 Å². The highest BCUT2D eigenvalue weighted by Crippen LogP contribution is 2.46. The van der Waals surface area contributed by atoms with Crippen molar-refractivity contribution in [2.45, 2.75) is 28.7 Å². The van der Waals surface area contributed by atoms with Crippen molar-refractivity contribution in [1.82, 2.24) is 10.2 Å². The number of β-amino-alcohol motifs (C(OH)–C–C–N with tert-alkyl or cyclic N) is 1. The van der Waals surface area contributed by atoms with Crippen LogP contribution in [-0.2, 0) is 0 Å². The quantitative estimate of drug-likeness (QED) is 0.670. The van der Waals surface area contributed by atoms with Crippen molar-refractivity contribution >= 4 is 28.9 Å². The van der Waals surface area contributed by atoms with Crippen LogP contribution in [0.2, 0.25) is 5.02 Å². The molecule has 2 aliphatic rings. The van der Waals surface area contributed by atoms with E-state index in [0.717, 1.165) is 44.0 Å². The molecular weight excluding hydrogens is 376 g/mol. The minimum atomic E-state index is 0.230. The van der Waals surface area contributed by atoms with Crippen LogP contribution < -0.4 is 5.32 Å². The molecule has 0 aliphatic carbocycles. The van der Waals surface area contributed by atoms with Crippen LogP contribution in [0, 0.1) is 0 Å². The van der Waals surface area contributed by atoms with Crippen LogP contribution in [0.3, 0.4) is 0 Å². The van der Waals surface area contributed by atoms with E-state index in [0.29, 0.717) is 6.04 Å². The van der Waals surface area contributed by atoms with Gasteiger partial charge in [0.05, 0.1) is 6.61 Å². The van der Waals surface area contributed by atoms with Gasteiger partial charge in [-0.05, 0) is 53.8 Å². The molecule has 0 aromatic heterocycles. The zero-order valence-corrected chi connectivity index (χ0v) is 16.9. The maximum absolute atomic E-state index is 9.32. The van der Waals surface area contributed by atoms with E-state index in [-0.39, 0.29) is 6.61 Å². The van der Waals surface area contributed by atoms with Gasteiger partial charge in [0.15, 0.2) is 0 Å². The Hall–Kier alpha value is -1.30. The maximum atomic E-state index is 9.32. The summed E-state index contributed by atoms with van der Waals surface area (Å²) in [5, 5.41) is 13.6. The normalized spacial score (nSPS) is 21.1. The van der Waals surface area contributed by atoms with E-state index < -0.39 is 0 Å². The van der Waals surface area contributed by atoms with Gasteiger partial charge in [-0.15, -0.1) is 0 Å². The summed E-state index contributed by atoms with van der Waals surface area (Å²) in [6.07, 6.45) is 4.47. The van der Waals surface area contributed by atoms with Gasteiger partial charge < -0.3 is 10.4 Å². The van der Waals surface area contributed by atoms with E-state index in [9.17, 15) is 5.11 Å². The fourth-order valence-corrected chi connectivity index (χ4v) is 5.25. The van der Waals surface area contributed by atoms with Gasteiger partial charge in [0.25, 0.3) is 0 Å². The number of aliphatic hydroxyl groups is 1. The number of hydrogen-bond donors (Lipinski definition) is 2. The van der Waals surface area contributed by atoms with Gasteiger partial charge in [-0.25, -0.2) is 0 Å².